The maximum Gasteiger partial charge on any atom is 0.410 e. The van der Waals surface area contributed by atoms with Crippen LogP contribution in [0.2, 0.25) is 0 Å². The number of hydrogen-bond donors (Lipinski definition) is 2. The van der Waals surface area contributed by atoms with Crippen molar-refractivity contribution in [3.63, 3.8) is 0 Å². The number of amides is 1. The molecule has 2 heterocycles. The monoisotopic (exact) mass is 576 g/mol. The summed E-state index contributed by atoms with van der Waals surface area (Å²) < 4.78 is 5.46. The average molecular weight is 577 g/mol. The largest absolute Gasteiger partial charge is 0.444 e. The Hall–Kier alpha value is -2.48. The molecule has 226 valence electrons. The summed E-state index contributed by atoms with van der Waals surface area (Å²) in [7, 11) is 5.35. The second-order valence-corrected chi connectivity index (χ2v) is 12.0. The van der Waals surface area contributed by atoms with Crippen LogP contribution in [0.15, 0.2) is 60.7 Å². The molecule has 0 aliphatic carbocycles. The van der Waals surface area contributed by atoms with Gasteiger partial charge in [-0.1, -0.05) is 36.4 Å². The van der Waals surface area contributed by atoms with E-state index in [0.717, 1.165) is 46.1 Å². The number of benzene rings is 2. The maximum absolute atomic E-state index is 12.2. The third-order valence-corrected chi connectivity index (χ3v) is 8.08. The number of halogens is 1. The van der Waals surface area contributed by atoms with Crippen LogP contribution in [-0.4, -0.2) is 80.2 Å². The molecule has 0 saturated carbocycles. The van der Waals surface area contributed by atoms with Crippen LogP contribution in [0.25, 0.3) is 0 Å². The zero-order valence-corrected chi connectivity index (χ0v) is 26.8. The summed E-state index contributed by atoms with van der Waals surface area (Å²) in [5.74, 6) is 0. The van der Waals surface area contributed by atoms with Crippen LogP contribution in [0.5, 0.6) is 0 Å². The molecule has 2 aromatic carbocycles. The van der Waals surface area contributed by atoms with E-state index in [4.69, 9.17) is 9.84 Å². The Morgan fingerprint density at radius 2 is 1.18 bits per heavy atom. The van der Waals surface area contributed by atoms with Crippen LogP contribution in [-0.2, 0) is 4.74 Å². The van der Waals surface area contributed by atoms with Crippen molar-refractivity contribution in [1.82, 2.24) is 10.2 Å². The maximum atomic E-state index is 12.2. The Balaban J connectivity index is 0.000000389. The highest BCUT2D eigenvalue weighted by atomic mass is 35.5. The molecule has 0 aromatic heterocycles. The highest BCUT2D eigenvalue weighted by molar-refractivity contribution is 5.85. The van der Waals surface area contributed by atoms with Gasteiger partial charge in [0.15, 0.2) is 0 Å². The van der Waals surface area contributed by atoms with Crippen molar-refractivity contribution in [3.8, 4) is 0 Å². The van der Waals surface area contributed by atoms with Crippen molar-refractivity contribution < 1.29 is 14.6 Å². The third-order valence-electron chi connectivity index (χ3n) is 8.08. The molecule has 2 fully saturated rings. The number of aliphatic hydroxyl groups excluding tert-OH is 1. The summed E-state index contributed by atoms with van der Waals surface area (Å²) in [5.41, 5.74) is 2.49. The van der Waals surface area contributed by atoms with Crippen molar-refractivity contribution in [3.05, 3.63) is 60.7 Å². The Morgan fingerprint density at radius 1 is 0.800 bits per heavy atom. The molecule has 8 heteroatoms. The van der Waals surface area contributed by atoms with Crippen LogP contribution in [0.3, 0.4) is 0 Å². The minimum atomic E-state index is -0.432. The molecule has 0 unspecified atom stereocenters. The first-order valence-corrected chi connectivity index (χ1v) is 14.1. The summed E-state index contributed by atoms with van der Waals surface area (Å²) in [6.45, 7) is 14.1. The Bertz CT molecular complexity index is 971. The van der Waals surface area contributed by atoms with Gasteiger partial charge in [-0.3, -0.25) is 0 Å². The highest BCUT2D eigenvalue weighted by Crippen LogP contribution is 2.32. The molecule has 0 radical (unpaired) electrons. The number of rotatable bonds is 4. The van der Waals surface area contributed by atoms with E-state index >= 15 is 0 Å². The molecule has 2 N–H and O–H groups in total. The van der Waals surface area contributed by atoms with E-state index in [1.54, 1.807) is 0 Å². The molecule has 2 aromatic rings. The number of anilines is 2. The first-order valence-electron chi connectivity index (χ1n) is 14.1. The minimum Gasteiger partial charge on any atom is -0.444 e. The van der Waals surface area contributed by atoms with E-state index in [2.05, 4.69) is 97.7 Å². The zero-order chi connectivity index (χ0) is 29.1. The minimum absolute atomic E-state index is 0. The van der Waals surface area contributed by atoms with E-state index < -0.39 is 5.60 Å². The lowest BCUT2D eigenvalue weighted by atomic mass is 9.87. The highest BCUT2D eigenvalue weighted by Gasteiger charge is 2.36. The SMILES string of the molecule is CN(c1ccccc1)C1(C)CCN(C(=O)OC(C)(C)C)CC1.CN(c1ccccc1)C1(C)CCNCC1.CO.Cl. The quantitative estimate of drug-likeness (QED) is 0.451. The van der Waals surface area contributed by atoms with Gasteiger partial charge in [0.2, 0.25) is 0 Å². The van der Waals surface area contributed by atoms with Crippen molar-refractivity contribution in [1.29, 1.82) is 0 Å². The fourth-order valence-electron chi connectivity index (χ4n) is 5.06. The number of nitrogens with zero attached hydrogens (tertiary/aromatic N) is 3. The normalized spacial score (nSPS) is 17.5. The van der Waals surface area contributed by atoms with Crippen molar-refractivity contribution in [2.75, 3.05) is 57.2 Å². The van der Waals surface area contributed by atoms with E-state index in [-0.39, 0.29) is 24.0 Å². The van der Waals surface area contributed by atoms with Gasteiger partial charge in [0.05, 0.1) is 0 Å². The molecule has 0 spiro atoms. The predicted octanol–water partition coefficient (Wildman–Crippen LogP) is 6.21. The molecular formula is C32H53ClN4O3. The number of piperidine rings is 2. The molecular weight excluding hydrogens is 524 g/mol. The standard InChI is InChI=1S/C18H28N2O2.C13H20N2.CH4O.ClH/c1-17(2,3)22-16(21)20-13-11-18(4,12-14-20)19(5)15-9-7-6-8-10-15;1-13(8-10-14-11-9-13)15(2)12-6-4-3-5-7-12;1-2;/h6-10H,11-14H2,1-5H3;3-7,14H,8-11H2,1-2H3;2H,1H3;1H. The molecule has 0 atom stereocenters. The van der Waals surface area contributed by atoms with Gasteiger partial charge in [0.25, 0.3) is 0 Å². The molecule has 2 aliphatic heterocycles. The summed E-state index contributed by atoms with van der Waals surface area (Å²) in [4.78, 5) is 18.7. The van der Waals surface area contributed by atoms with Gasteiger partial charge in [-0.15, -0.1) is 12.4 Å². The van der Waals surface area contributed by atoms with E-state index in [9.17, 15) is 4.79 Å². The number of para-hydroxylation sites is 2. The lowest BCUT2D eigenvalue weighted by Gasteiger charge is -2.46. The third kappa shape index (κ3) is 10.2. The van der Waals surface area contributed by atoms with Crippen LogP contribution < -0.4 is 15.1 Å². The van der Waals surface area contributed by atoms with Crippen molar-refractivity contribution >= 4 is 29.9 Å². The molecule has 2 aliphatic rings. The Morgan fingerprint density at radius 3 is 1.55 bits per heavy atom. The van der Waals surface area contributed by atoms with E-state index in [1.807, 2.05) is 31.7 Å². The number of ether oxygens (including phenoxy) is 1. The zero-order valence-electron chi connectivity index (χ0n) is 25.9. The molecule has 4 rings (SSSR count). The van der Waals surface area contributed by atoms with Crippen LogP contribution >= 0.6 is 12.4 Å². The lowest BCUT2D eigenvalue weighted by molar-refractivity contribution is 0.0174. The number of nitrogens with one attached hydrogen (secondary N) is 1. The lowest BCUT2D eigenvalue weighted by Crippen LogP contribution is -2.54. The first-order chi connectivity index (χ1) is 18.4. The molecule has 7 nitrogen and oxygen atoms in total. The van der Waals surface area contributed by atoms with Gasteiger partial charge in [-0.25, -0.2) is 4.79 Å². The van der Waals surface area contributed by atoms with Crippen LogP contribution in [0.4, 0.5) is 16.2 Å². The van der Waals surface area contributed by atoms with Gasteiger partial charge in [-0.05, 0) is 97.7 Å². The van der Waals surface area contributed by atoms with Gasteiger partial charge >= 0.3 is 6.09 Å². The number of aliphatic hydroxyl groups is 1. The smallest absolute Gasteiger partial charge is 0.410 e. The molecule has 2 saturated heterocycles. The van der Waals surface area contributed by atoms with Crippen molar-refractivity contribution in [2.24, 2.45) is 0 Å². The van der Waals surface area contributed by atoms with Crippen molar-refractivity contribution in [2.45, 2.75) is 77.0 Å². The second-order valence-electron chi connectivity index (χ2n) is 12.0. The number of hydrogen-bond acceptors (Lipinski definition) is 6. The number of carbonyl (C=O) groups excluding carboxylic acids is 1. The molecule has 1 amide bonds. The molecule has 0 bridgehead atoms. The average Bonchev–Trinajstić information content (AvgIpc) is 2.94. The summed E-state index contributed by atoms with van der Waals surface area (Å²) >= 11 is 0. The van der Waals surface area contributed by atoms with Crippen LogP contribution in [0, 0.1) is 0 Å². The summed E-state index contributed by atoms with van der Waals surface area (Å²) in [6.07, 6.45) is 4.13. The van der Waals surface area contributed by atoms with E-state index in [1.165, 1.54) is 24.2 Å². The number of likely N-dealkylation sites (tertiary alicyclic amines) is 1. The Labute approximate surface area is 249 Å². The van der Waals surface area contributed by atoms with Gasteiger partial charge in [0, 0.05) is 56.7 Å². The van der Waals surface area contributed by atoms with Crippen LogP contribution in [0.1, 0.15) is 60.3 Å². The fraction of sp³-hybridized carbons (Fsp3) is 0.594. The number of carbonyl (C=O) groups is 1. The van der Waals surface area contributed by atoms with Gasteiger partial charge in [-0.2, -0.15) is 0 Å². The van der Waals surface area contributed by atoms with Gasteiger partial charge < -0.3 is 29.9 Å². The fourth-order valence-corrected chi connectivity index (χ4v) is 5.06. The summed E-state index contributed by atoms with van der Waals surface area (Å²) in [5, 5.41) is 10.4. The predicted molar refractivity (Wildman–Crippen MR) is 171 cm³/mol. The summed E-state index contributed by atoms with van der Waals surface area (Å²) in [6, 6.07) is 21.1. The van der Waals surface area contributed by atoms with E-state index in [0.29, 0.717) is 5.54 Å². The first kappa shape index (κ1) is 35.5. The van der Waals surface area contributed by atoms with Gasteiger partial charge in [0.1, 0.15) is 5.60 Å². The molecule has 40 heavy (non-hydrogen) atoms. The topological polar surface area (TPSA) is 68.3 Å². The second kappa shape index (κ2) is 16.1. The Kier molecular flexibility index (Phi) is 14.3.